The van der Waals surface area contributed by atoms with E-state index in [0.717, 1.165) is 35.0 Å². The first kappa shape index (κ1) is 21.8. The van der Waals surface area contributed by atoms with Gasteiger partial charge < -0.3 is 15.3 Å². The molecule has 2 aromatic rings. The molecule has 1 fully saturated rings. The van der Waals surface area contributed by atoms with Crippen LogP contribution in [0.3, 0.4) is 0 Å². The molecule has 1 aliphatic heterocycles. The number of carboxylic acid groups (broad SMARTS) is 1. The fourth-order valence-electron chi connectivity index (χ4n) is 2.57. The van der Waals surface area contributed by atoms with Crippen LogP contribution in [0.15, 0.2) is 36.5 Å². The Labute approximate surface area is 164 Å². The molecule has 1 aromatic carbocycles. The monoisotopic (exact) mass is 415 g/mol. The molecular formula is C18H20F3N3O3S. The van der Waals surface area contributed by atoms with Crippen molar-refractivity contribution in [2.75, 3.05) is 20.1 Å². The van der Waals surface area contributed by atoms with Crippen LogP contribution < -0.4 is 5.32 Å². The van der Waals surface area contributed by atoms with E-state index in [0.29, 0.717) is 6.54 Å². The first-order valence-electron chi connectivity index (χ1n) is 8.43. The van der Waals surface area contributed by atoms with E-state index >= 15 is 0 Å². The maximum Gasteiger partial charge on any atom is 0.490 e. The number of amides is 1. The lowest BCUT2D eigenvalue weighted by Gasteiger charge is -2.10. The molecule has 0 spiro atoms. The van der Waals surface area contributed by atoms with Crippen molar-refractivity contribution in [2.24, 2.45) is 5.92 Å². The minimum absolute atomic E-state index is 0.136. The van der Waals surface area contributed by atoms with Crippen molar-refractivity contribution < 1.29 is 27.9 Å². The Kier molecular flexibility index (Phi) is 7.53. The van der Waals surface area contributed by atoms with Crippen LogP contribution in [0.1, 0.15) is 11.3 Å². The smallest absolute Gasteiger partial charge is 0.475 e. The van der Waals surface area contributed by atoms with Crippen molar-refractivity contribution in [2.45, 2.75) is 19.1 Å². The Morgan fingerprint density at radius 2 is 1.96 bits per heavy atom. The van der Waals surface area contributed by atoms with Crippen LogP contribution in [0.2, 0.25) is 0 Å². The molecule has 1 aliphatic rings. The van der Waals surface area contributed by atoms with Crippen LogP contribution in [0, 0.1) is 5.92 Å². The lowest BCUT2D eigenvalue weighted by Crippen LogP contribution is -2.31. The summed E-state index contributed by atoms with van der Waals surface area (Å²) in [7, 11) is 2.06. The summed E-state index contributed by atoms with van der Waals surface area (Å²) in [5.41, 5.74) is 1.12. The normalized spacial score (nSPS) is 16.9. The van der Waals surface area contributed by atoms with E-state index in [-0.39, 0.29) is 11.8 Å². The summed E-state index contributed by atoms with van der Waals surface area (Å²) in [4.78, 5) is 28.7. The Bertz CT molecular complexity index is 796. The van der Waals surface area contributed by atoms with Crippen LogP contribution >= 0.6 is 11.3 Å². The van der Waals surface area contributed by atoms with Gasteiger partial charge in [-0.05, 0) is 20.0 Å². The highest BCUT2D eigenvalue weighted by Crippen LogP contribution is 2.24. The Morgan fingerprint density at radius 3 is 2.50 bits per heavy atom. The number of nitrogens with zero attached hydrogens (tertiary/aromatic N) is 2. The zero-order valence-corrected chi connectivity index (χ0v) is 15.9. The van der Waals surface area contributed by atoms with E-state index in [4.69, 9.17) is 9.90 Å². The van der Waals surface area contributed by atoms with Gasteiger partial charge in [-0.25, -0.2) is 9.78 Å². The molecule has 2 N–H and O–H groups in total. The zero-order valence-electron chi connectivity index (χ0n) is 15.1. The Morgan fingerprint density at radius 1 is 1.32 bits per heavy atom. The standard InChI is InChI=1S/C16H19N3OS.C2HF3O2/c1-19-8-7-13(11-19)15(20)17-9-14-10-18-16(21-14)12-5-3-2-4-6-12;3-2(4,5)1(6)7/h2-6,10,13H,7-9,11H2,1H3,(H,17,20);(H,6,7). The lowest BCUT2D eigenvalue weighted by molar-refractivity contribution is -0.192. The summed E-state index contributed by atoms with van der Waals surface area (Å²) in [5, 5.41) is 11.2. The molecular weight excluding hydrogens is 395 g/mol. The molecule has 10 heteroatoms. The Balaban J connectivity index is 0.000000345. The number of thiazole rings is 1. The number of halogens is 3. The van der Waals surface area contributed by atoms with E-state index < -0.39 is 12.1 Å². The predicted molar refractivity (Wildman–Crippen MR) is 98.7 cm³/mol. The molecule has 0 bridgehead atoms. The van der Waals surface area contributed by atoms with Crippen molar-refractivity contribution in [1.29, 1.82) is 0 Å². The van der Waals surface area contributed by atoms with E-state index in [1.54, 1.807) is 11.3 Å². The quantitative estimate of drug-likeness (QED) is 0.802. The number of hydrogen-bond donors (Lipinski definition) is 2. The fourth-order valence-corrected chi connectivity index (χ4v) is 3.43. The van der Waals surface area contributed by atoms with Gasteiger partial charge in [-0.15, -0.1) is 11.3 Å². The number of benzene rings is 1. The molecule has 1 amide bonds. The molecule has 28 heavy (non-hydrogen) atoms. The van der Waals surface area contributed by atoms with Crippen LogP contribution in [-0.4, -0.2) is 53.2 Å². The lowest BCUT2D eigenvalue weighted by atomic mass is 10.1. The van der Waals surface area contributed by atoms with E-state index in [9.17, 15) is 18.0 Å². The van der Waals surface area contributed by atoms with Gasteiger partial charge >= 0.3 is 12.1 Å². The molecule has 0 aliphatic carbocycles. The number of nitrogens with one attached hydrogen (secondary N) is 1. The minimum Gasteiger partial charge on any atom is -0.475 e. The average Bonchev–Trinajstić information content (AvgIpc) is 3.29. The number of likely N-dealkylation sites (tertiary alicyclic amines) is 1. The highest BCUT2D eigenvalue weighted by molar-refractivity contribution is 7.15. The molecule has 152 valence electrons. The number of alkyl halides is 3. The number of hydrogen-bond acceptors (Lipinski definition) is 5. The third kappa shape index (κ3) is 6.61. The third-order valence-electron chi connectivity index (χ3n) is 4.02. The maximum absolute atomic E-state index is 12.1. The SMILES string of the molecule is CN1CCC(C(=O)NCc2cnc(-c3ccccc3)s2)C1.O=C(O)C(F)(F)F. The summed E-state index contributed by atoms with van der Waals surface area (Å²) < 4.78 is 31.7. The Hall–Kier alpha value is -2.46. The van der Waals surface area contributed by atoms with Gasteiger partial charge in [-0.3, -0.25) is 4.79 Å². The summed E-state index contributed by atoms with van der Waals surface area (Å²) in [6.45, 7) is 2.45. The van der Waals surface area contributed by atoms with Gasteiger partial charge in [0.15, 0.2) is 0 Å². The first-order chi connectivity index (χ1) is 13.2. The second-order valence-corrected chi connectivity index (χ2v) is 7.38. The summed E-state index contributed by atoms with van der Waals surface area (Å²) >= 11 is 1.63. The summed E-state index contributed by atoms with van der Waals surface area (Å²) in [6, 6.07) is 10.1. The molecule has 0 radical (unpaired) electrons. The highest BCUT2D eigenvalue weighted by Gasteiger charge is 2.38. The molecule has 1 saturated heterocycles. The number of aromatic nitrogens is 1. The van der Waals surface area contributed by atoms with Gasteiger partial charge in [0.2, 0.25) is 5.91 Å². The van der Waals surface area contributed by atoms with Crippen LogP contribution in [-0.2, 0) is 16.1 Å². The van der Waals surface area contributed by atoms with E-state index in [1.807, 2.05) is 24.4 Å². The van der Waals surface area contributed by atoms with Gasteiger partial charge in [-0.1, -0.05) is 30.3 Å². The molecule has 0 saturated carbocycles. The van der Waals surface area contributed by atoms with Gasteiger partial charge in [0, 0.05) is 23.2 Å². The number of carboxylic acids is 1. The fraction of sp³-hybridized carbons (Fsp3) is 0.389. The number of carbonyl (C=O) groups excluding carboxylic acids is 1. The topological polar surface area (TPSA) is 82.5 Å². The number of carbonyl (C=O) groups is 2. The maximum atomic E-state index is 12.1. The molecule has 1 unspecified atom stereocenters. The van der Waals surface area contributed by atoms with Gasteiger partial charge in [-0.2, -0.15) is 13.2 Å². The second-order valence-electron chi connectivity index (χ2n) is 6.27. The van der Waals surface area contributed by atoms with Crippen molar-refractivity contribution in [3.8, 4) is 10.6 Å². The van der Waals surface area contributed by atoms with E-state index in [1.165, 1.54) is 0 Å². The largest absolute Gasteiger partial charge is 0.490 e. The molecule has 1 aromatic heterocycles. The van der Waals surface area contributed by atoms with Crippen LogP contribution in [0.25, 0.3) is 10.6 Å². The van der Waals surface area contributed by atoms with Crippen LogP contribution in [0.5, 0.6) is 0 Å². The van der Waals surface area contributed by atoms with Gasteiger partial charge in [0.05, 0.1) is 12.5 Å². The van der Waals surface area contributed by atoms with E-state index in [2.05, 4.69) is 34.4 Å². The highest BCUT2D eigenvalue weighted by atomic mass is 32.1. The van der Waals surface area contributed by atoms with Crippen molar-refractivity contribution in [3.63, 3.8) is 0 Å². The average molecular weight is 415 g/mol. The first-order valence-corrected chi connectivity index (χ1v) is 9.25. The predicted octanol–water partition coefficient (Wildman–Crippen LogP) is 3.01. The second kappa shape index (κ2) is 9.65. The minimum atomic E-state index is -5.08. The van der Waals surface area contributed by atoms with Crippen LogP contribution in [0.4, 0.5) is 13.2 Å². The van der Waals surface area contributed by atoms with Gasteiger partial charge in [0.25, 0.3) is 0 Å². The molecule has 3 rings (SSSR count). The van der Waals surface area contributed by atoms with Crippen molar-refractivity contribution in [3.05, 3.63) is 41.4 Å². The summed E-state index contributed by atoms with van der Waals surface area (Å²) in [5.74, 6) is -2.46. The molecule has 2 heterocycles. The zero-order chi connectivity index (χ0) is 20.7. The third-order valence-corrected chi connectivity index (χ3v) is 5.06. The van der Waals surface area contributed by atoms with Crippen molar-refractivity contribution in [1.82, 2.24) is 15.2 Å². The number of rotatable bonds is 4. The molecule has 6 nitrogen and oxygen atoms in total. The van der Waals surface area contributed by atoms with Crippen molar-refractivity contribution >= 4 is 23.2 Å². The summed E-state index contributed by atoms with van der Waals surface area (Å²) in [6.07, 6.45) is -2.27. The number of aliphatic carboxylic acids is 1. The molecule has 1 atom stereocenters. The van der Waals surface area contributed by atoms with Gasteiger partial charge in [0.1, 0.15) is 5.01 Å².